The fourth-order valence-corrected chi connectivity index (χ4v) is 3.23. The number of rotatable bonds is 8. The maximum Gasteiger partial charge on any atom is 0.363 e. The third-order valence-corrected chi connectivity index (χ3v) is 5.09. The molecule has 0 aliphatic carbocycles. The molecule has 1 aliphatic heterocycles. The zero-order valence-electron chi connectivity index (χ0n) is 18.4. The van der Waals surface area contributed by atoms with Crippen LogP contribution in [0.4, 0.5) is 0 Å². The SMILES string of the molecule is CCCCCCOc1ccccc1/C=C1/N=C(c2ccc(C(C)(C)C)cc2)OC1=O. The van der Waals surface area contributed by atoms with E-state index in [-0.39, 0.29) is 11.1 Å². The average molecular weight is 406 g/mol. The molecule has 0 N–H and O–H groups in total. The Morgan fingerprint density at radius 3 is 2.43 bits per heavy atom. The summed E-state index contributed by atoms with van der Waals surface area (Å²) >= 11 is 0. The van der Waals surface area contributed by atoms with Gasteiger partial charge in [-0.05, 0) is 41.7 Å². The Morgan fingerprint density at radius 1 is 1.00 bits per heavy atom. The van der Waals surface area contributed by atoms with Gasteiger partial charge in [0.2, 0.25) is 5.90 Å². The number of hydrogen-bond donors (Lipinski definition) is 0. The smallest absolute Gasteiger partial charge is 0.363 e. The van der Waals surface area contributed by atoms with E-state index in [0.717, 1.165) is 29.7 Å². The molecule has 0 unspecified atom stereocenters. The Balaban J connectivity index is 1.76. The lowest BCUT2D eigenvalue weighted by molar-refractivity contribution is -0.129. The van der Waals surface area contributed by atoms with Gasteiger partial charge in [-0.1, -0.05) is 77.3 Å². The molecule has 2 aromatic rings. The summed E-state index contributed by atoms with van der Waals surface area (Å²) in [5.41, 5.74) is 3.19. The van der Waals surface area contributed by atoms with Crippen LogP contribution >= 0.6 is 0 Å². The third kappa shape index (κ3) is 5.59. The number of cyclic esters (lactones) is 1. The van der Waals surface area contributed by atoms with Gasteiger partial charge in [-0.3, -0.25) is 0 Å². The molecule has 0 spiro atoms. The van der Waals surface area contributed by atoms with Gasteiger partial charge in [0.25, 0.3) is 0 Å². The van der Waals surface area contributed by atoms with Gasteiger partial charge < -0.3 is 9.47 Å². The summed E-state index contributed by atoms with van der Waals surface area (Å²) in [6.07, 6.45) is 6.33. The van der Waals surface area contributed by atoms with Gasteiger partial charge in [0.05, 0.1) is 6.61 Å². The van der Waals surface area contributed by atoms with Gasteiger partial charge in [0.15, 0.2) is 5.70 Å². The van der Waals surface area contributed by atoms with E-state index in [0.29, 0.717) is 12.5 Å². The molecule has 0 aromatic heterocycles. The lowest BCUT2D eigenvalue weighted by atomic mass is 9.87. The number of ether oxygens (including phenoxy) is 2. The van der Waals surface area contributed by atoms with Crippen LogP contribution < -0.4 is 4.74 Å². The second kappa shape index (κ2) is 9.75. The second-order valence-corrected chi connectivity index (χ2v) is 8.61. The molecule has 30 heavy (non-hydrogen) atoms. The van der Waals surface area contributed by atoms with Crippen LogP contribution in [0, 0.1) is 0 Å². The molecule has 3 rings (SSSR count). The minimum atomic E-state index is -0.442. The van der Waals surface area contributed by atoms with Gasteiger partial charge in [-0.2, -0.15) is 0 Å². The standard InChI is InChI=1S/C26H31NO3/c1-5-6-7-10-17-29-23-12-9-8-11-20(23)18-22-25(28)30-24(27-22)19-13-15-21(16-14-19)26(2,3)4/h8-9,11-16,18H,5-7,10,17H2,1-4H3/b22-18+. The summed E-state index contributed by atoms with van der Waals surface area (Å²) in [4.78, 5) is 16.8. The number of carbonyl (C=O) groups excluding carboxylic acids is 1. The van der Waals surface area contributed by atoms with E-state index >= 15 is 0 Å². The molecule has 0 saturated heterocycles. The molecular formula is C26H31NO3. The molecule has 0 amide bonds. The van der Waals surface area contributed by atoms with Gasteiger partial charge in [0.1, 0.15) is 5.75 Å². The highest BCUT2D eigenvalue weighted by Crippen LogP contribution is 2.26. The number of esters is 1. The average Bonchev–Trinajstić information content (AvgIpc) is 3.09. The first kappa shape index (κ1) is 21.8. The molecule has 0 saturated carbocycles. The third-order valence-electron chi connectivity index (χ3n) is 5.09. The molecule has 0 radical (unpaired) electrons. The Morgan fingerprint density at radius 2 is 1.73 bits per heavy atom. The van der Waals surface area contributed by atoms with Gasteiger partial charge >= 0.3 is 5.97 Å². The maximum atomic E-state index is 12.4. The predicted octanol–water partition coefficient (Wildman–Crippen LogP) is 6.29. The minimum Gasteiger partial charge on any atom is -0.493 e. The number of benzene rings is 2. The highest BCUT2D eigenvalue weighted by atomic mass is 16.6. The predicted molar refractivity (Wildman–Crippen MR) is 122 cm³/mol. The van der Waals surface area contributed by atoms with Crippen molar-refractivity contribution in [3.05, 3.63) is 70.9 Å². The lowest BCUT2D eigenvalue weighted by Crippen LogP contribution is -2.11. The molecule has 2 aromatic carbocycles. The van der Waals surface area contributed by atoms with Crippen molar-refractivity contribution >= 4 is 17.9 Å². The van der Waals surface area contributed by atoms with Crippen molar-refractivity contribution in [1.29, 1.82) is 0 Å². The van der Waals surface area contributed by atoms with Crippen LogP contribution in [-0.2, 0) is 14.9 Å². The van der Waals surface area contributed by atoms with E-state index in [9.17, 15) is 4.79 Å². The van der Waals surface area contributed by atoms with Crippen LogP contribution in [0.15, 0.2) is 59.2 Å². The second-order valence-electron chi connectivity index (χ2n) is 8.61. The van der Waals surface area contributed by atoms with Gasteiger partial charge in [-0.15, -0.1) is 0 Å². The quantitative estimate of drug-likeness (QED) is 0.295. The summed E-state index contributed by atoms with van der Waals surface area (Å²) in [6.45, 7) is 9.36. The Kier molecular flexibility index (Phi) is 7.09. The Labute approximate surface area is 179 Å². The summed E-state index contributed by atoms with van der Waals surface area (Å²) in [5.74, 6) is 0.653. The van der Waals surface area contributed by atoms with Crippen molar-refractivity contribution < 1.29 is 14.3 Å². The molecule has 1 heterocycles. The van der Waals surface area contributed by atoms with Crippen molar-refractivity contribution in [3.63, 3.8) is 0 Å². The summed E-state index contributed by atoms with van der Waals surface area (Å²) in [6, 6.07) is 15.7. The number of aliphatic imine (C=N–C) groups is 1. The highest BCUT2D eigenvalue weighted by molar-refractivity contribution is 6.12. The van der Waals surface area contributed by atoms with Crippen LogP contribution in [0.5, 0.6) is 5.75 Å². The monoisotopic (exact) mass is 405 g/mol. The molecule has 1 aliphatic rings. The Hall–Kier alpha value is -2.88. The topological polar surface area (TPSA) is 47.9 Å². The summed E-state index contributed by atoms with van der Waals surface area (Å²) in [5, 5.41) is 0. The summed E-state index contributed by atoms with van der Waals surface area (Å²) < 4.78 is 11.4. The van der Waals surface area contributed by atoms with Crippen molar-refractivity contribution in [1.82, 2.24) is 0 Å². The molecule has 4 heteroatoms. The van der Waals surface area contributed by atoms with Crippen LogP contribution in [0.25, 0.3) is 6.08 Å². The fraction of sp³-hybridized carbons (Fsp3) is 0.385. The molecule has 0 fully saturated rings. The van der Waals surface area contributed by atoms with Gasteiger partial charge in [-0.25, -0.2) is 9.79 Å². The van der Waals surface area contributed by atoms with Crippen LogP contribution in [0.1, 0.15) is 70.1 Å². The van der Waals surface area contributed by atoms with Crippen LogP contribution in [-0.4, -0.2) is 18.5 Å². The zero-order chi connectivity index (χ0) is 21.6. The largest absolute Gasteiger partial charge is 0.493 e. The number of para-hydroxylation sites is 1. The maximum absolute atomic E-state index is 12.4. The summed E-state index contributed by atoms with van der Waals surface area (Å²) in [7, 11) is 0. The number of carbonyl (C=O) groups is 1. The Bertz CT molecular complexity index is 933. The first-order chi connectivity index (χ1) is 14.4. The van der Waals surface area contributed by atoms with Crippen molar-refractivity contribution in [3.8, 4) is 5.75 Å². The van der Waals surface area contributed by atoms with E-state index in [1.54, 1.807) is 6.08 Å². The number of nitrogens with zero attached hydrogens (tertiary/aromatic N) is 1. The van der Waals surface area contributed by atoms with Crippen LogP contribution in [0.2, 0.25) is 0 Å². The molecular weight excluding hydrogens is 374 g/mol. The number of unbranched alkanes of at least 4 members (excludes halogenated alkanes) is 3. The molecule has 0 bridgehead atoms. The minimum absolute atomic E-state index is 0.0675. The van der Waals surface area contributed by atoms with Crippen LogP contribution in [0.3, 0.4) is 0 Å². The normalized spacial score (nSPS) is 15.3. The highest BCUT2D eigenvalue weighted by Gasteiger charge is 2.25. The first-order valence-corrected chi connectivity index (χ1v) is 10.7. The van der Waals surface area contributed by atoms with E-state index in [4.69, 9.17) is 9.47 Å². The van der Waals surface area contributed by atoms with E-state index < -0.39 is 5.97 Å². The van der Waals surface area contributed by atoms with E-state index in [2.05, 4.69) is 44.8 Å². The molecule has 158 valence electrons. The molecule has 0 atom stereocenters. The number of hydrogen-bond acceptors (Lipinski definition) is 4. The molecule has 4 nitrogen and oxygen atoms in total. The fourth-order valence-electron chi connectivity index (χ4n) is 3.23. The van der Waals surface area contributed by atoms with E-state index in [1.165, 1.54) is 18.4 Å². The van der Waals surface area contributed by atoms with E-state index in [1.807, 2.05) is 36.4 Å². The van der Waals surface area contributed by atoms with Gasteiger partial charge in [0, 0.05) is 11.1 Å². The van der Waals surface area contributed by atoms with Crippen molar-refractivity contribution in [2.24, 2.45) is 4.99 Å². The first-order valence-electron chi connectivity index (χ1n) is 10.7. The lowest BCUT2D eigenvalue weighted by Gasteiger charge is -2.18. The zero-order valence-corrected chi connectivity index (χ0v) is 18.4. The van der Waals surface area contributed by atoms with Crippen molar-refractivity contribution in [2.75, 3.05) is 6.61 Å². The van der Waals surface area contributed by atoms with Crippen molar-refractivity contribution in [2.45, 2.75) is 58.8 Å².